The van der Waals surface area contributed by atoms with Crippen LogP contribution < -0.4 is 19.5 Å². The largest absolute Gasteiger partial charge is 0.454 e. The number of rotatable bonds is 9. The number of hydrogen-bond acceptors (Lipinski definition) is 8. The van der Waals surface area contributed by atoms with E-state index in [2.05, 4.69) is 10.1 Å². The fraction of sp³-hybridized carbons (Fsp3) is 0.286. The van der Waals surface area contributed by atoms with Crippen LogP contribution in [0.3, 0.4) is 0 Å². The summed E-state index contributed by atoms with van der Waals surface area (Å²) in [5, 5.41) is 11.4. The van der Waals surface area contributed by atoms with Crippen LogP contribution in [0, 0.1) is 11.5 Å². The second-order valence-electron chi connectivity index (χ2n) is 7.13. The minimum Gasteiger partial charge on any atom is -0.454 e. The van der Waals surface area contributed by atoms with Gasteiger partial charge in [0.25, 0.3) is 11.8 Å². The predicted octanol–water partition coefficient (Wildman–Crippen LogP) is 1.67. The molecule has 0 radical (unpaired) electrons. The first kappa shape index (κ1) is 24.7. The maximum Gasteiger partial charge on any atom is 0.387 e. The molecule has 1 heterocycles. The maximum atomic E-state index is 12.9. The molecule has 1 aliphatic heterocycles. The van der Waals surface area contributed by atoms with Crippen molar-refractivity contribution in [1.82, 2.24) is 10.2 Å². The maximum absolute atomic E-state index is 12.9. The van der Waals surface area contributed by atoms with Gasteiger partial charge in [-0.3, -0.25) is 14.5 Å². The number of halogens is 2. The molecular weight excluding hydrogens is 476 g/mol. The number of benzene rings is 2. The van der Waals surface area contributed by atoms with Crippen LogP contribution in [0.15, 0.2) is 42.5 Å². The summed E-state index contributed by atoms with van der Waals surface area (Å²) in [6, 6.07) is 7.92. The summed E-state index contributed by atoms with van der Waals surface area (Å²) < 4.78 is 65.7. The van der Waals surface area contributed by atoms with Crippen LogP contribution in [0.4, 0.5) is 8.78 Å². The van der Waals surface area contributed by atoms with Crippen LogP contribution in [-0.2, 0) is 20.4 Å². The highest BCUT2D eigenvalue weighted by atomic mass is 32.2. The fourth-order valence-corrected chi connectivity index (χ4v) is 4.68. The summed E-state index contributed by atoms with van der Waals surface area (Å²) >= 11 is 0. The number of nitrogens with zero attached hydrogens (tertiary/aromatic N) is 2. The van der Waals surface area contributed by atoms with Gasteiger partial charge in [0.2, 0.25) is 6.79 Å². The number of para-hydroxylation sites is 1. The van der Waals surface area contributed by atoms with Crippen LogP contribution in [0.1, 0.15) is 15.9 Å². The van der Waals surface area contributed by atoms with Gasteiger partial charge in [-0.05, 0) is 24.3 Å². The normalized spacial score (nSPS) is 13.1. The number of likely N-dealkylation sites (N-methyl/N-ethyl adjacent to an activating group) is 1. The minimum atomic E-state index is -4.16. The molecular formula is C21H19F2N3O7S. The van der Waals surface area contributed by atoms with Crippen molar-refractivity contribution >= 4 is 21.7 Å². The number of hydrogen-bond donors (Lipinski definition) is 1. The van der Waals surface area contributed by atoms with Gasteiger partial charge in [0, 0.05) is 18.2 Å². The zero-order chi connectivity index (χ0) is 24.9. The highest BCUT2D eigenvalue weighted by molar-refractivity contribution is 7.90. The van der Waals surface area contributed by atoms with Crippen molar-refractivity contribution in [1.29, 1.82) is 5.26 Å². The molecule has 0 fully saturated rings. The lowest BCUT2D eigenvalue weighted by atomic mass is 10.1. The summed E-state index contributed by atoms with van der Waals surface area (Å²) in [6.07, 6.45) is 1.56. The van der Waals surface area contributed by atoms with Crippen molar-refractivity contribution in [3.8, 4) is 23.4 Å². The number of fused-ring (bicyclic) bond motifs is 1. The quantitative estimate of drug-likeness (QED) is 0.410. The van der Waals surface area contributed by atoms with Gasteiger partial charge in [-0.2, -0.15) is 14.0 Å². The molecule has 2 aromatic carbocycles. The zero-order valence-corrected chi connectivity index (χ0v) is 18.6. The van der Waals surface area contributed by atoms with Gasteiger partial charge in [0.1, 0.15) is 11.8 Å². The number of carbonyl (C=O) groups excluding carboxylic acids is 2. The Kier molecular flexibility index (Phi) is 7.52. The lowest BCUT2D eigenvalue weighted by molar-refractivity contribution is -0.128. The summed E-state index contributed by atoms with van der Waals surface area (Å²) in [4.78, 5) is 25.9. The van der Waals surface area contributed by atoms with Gasteiger partial charge in [-0.1, -0.05) is 18.2 Å². The number of sulfone groups is 1. The lowest BCUT2D eigenvalue weighted by Crippen LogP contribution is -2.50. The van der Waals surface area contributed by atoms with Crippen LogP contribution in [0.5, 0.6) is 17.2 Å². The van der Waals surface area contributed by atoms with E-state index in [4.69, 9.17) is 14.7 Å². The first-order valence-corrected chi connectivity index (χ1v) is 11.5. The third-order valence-corrected chi connectivity index (χ3v) is 6.30. The van der Waals surface area contributed by atoms with Gasteiger partial charge in [0.05, 0.1) is 11.5 Å². The van der Waals surface area contributed by atoms with Crippen molar-refractivity contribution in [2.45, 2.75) is 18.4 Å². The van der Waals surface area contributed by atoms with Crippen molar-refractivity contribution in [3.05, 3.63) is 53.6 Å². The molecule has 0 aromatic heterocycles. The molecule has 3 rings (SSSR count). The Labute approximate surface area is 193 Å². The fourth-order valence-electron chi connectivity index (χ4n) is 3.12. The third kappa shape index (κ3) is 6.10. The molecule has 1 atom stereocenters. The van der Waals surface area contributed by atoms with E-state index in [1.807, 2.05) is 0 Å². The number of alkyl halides is 2. The number of nitriles is 1. The molecule has 0 spiro atoms. The van der Waals surface area contributed by atoms with E-state index in [0.29, 0.717) is 16.4 Å². The molecule has 10 nitrogen and oxygen atoms in total. The standard InChI is InChI=1S/C21H19F2N3O7S/c1-26(11-24)20(28)15(25-19(27)13-6-7-17-18(8-13)32-12-31-17)10-34(29,30)9-14-4-2-3-5-16(14)33-21(22)23/h2-8,15,21H,9-10,12H2,1H3,(H,25,27)/t15-/m0/s1. The Morgan fingerprint density at radius 1 is 1.21 bits per heavy atom. The van der Waals surface area contributed by atoms with Gasteiger partial charge < -0.3 is 19.5 Å². The average Bonchev–Trinajstić information content (AvgIpc) is 3.26. The number of ether oxygens (including phenoxy) is 3. The number of nitrogens with one attached hydrogen (secondary N) is 1. The SMILES string of the molecule is CN(C#N)C(=O)[C@H](CS(=O)(=O)Cc1ccccc1OC(F)F)NC(=O)c1ccc2c(c1)OCO2. The summed E-state index contributed by atoms with van der Waals surface area (Å²) in [5.41, 5.74) is 0.0134. The highest BCUT2D eigenvalue weighted by Crippen LogP contribution is 2.32. The number of carbonyl (C=O) groups is 2. The molecule has 180 valence electrons. The summed E-state index contributed by atoms with van der Waals surface area (Å²) in [7, 11) is -3.05. The van der Waals surface area contributed by atoms with Crippen LogP contribution in [-0.4, -0.2) is 57.4 Å². The Morgan fingerprint density at radius 3 is 2.62 bits per heavy atom. The first-order chi connectivity index (χ1) is 16.1. The van der Waals surface area contributed by atoms with Crippen molar-refractivity contribution in [2.24, 2.45) is 0 Å². The molecule has 2 aromatic rings. The van der Waals surface area contributed by atoms with E-state index in [0.717, 1.165) is 7.05 Å². The monoisotopic (exact) mass is 495 g/mol. The third-order valence-electron chi connectivity index (χ3n) is 4.70. The molecule has 1 N–H and O–H groups in total. The highest BCUT2D eigenvalue weighted by Gasteiger charge is 2.31. The van der Waals surface area contributed by atoms with Gasteiger partial charge in [-0.15, -0.1) is 0 Å². The van der Waals surface area contributed by atoms with Gasteiger partial charge in [0.15, 0.2) is 27.5 Å². The Hall–Kier alpha value is -3.92. The van der Waals surface area contributed by atoms with E-state index in [-0.39, 0.29) is 23.7 Å². The van der Waals surface area contributed by atoms with E-state index >= 15 is 0 Å². The number of amides is 2. The molecule has 34 heavy (non-hydrogen) atoms. The zero-order valence-electron chi connectivity index (χ0n) is 17.7. The Balaban J connectivity index is 1.81. The van der Waals surface area contributed by atoms with Crippen molar-refractivity contribution < 1.29 is 41.0 Å². The molecule has 0 aliphatic carbocycles. The first-order valence-electron chi connectivity index (χ1n) is 9.70. The van der Waals surface area contributed by atoms with Gasteiger partial charge in [-0.25, -0.2) is 8.42 Å². The van der Waals surface area contributed by atoms with Gasteiger partial charge >= 0.3 is 6.61 Å². The Bertz CT molecular complexity index is 1230. The smallest absolute Gasteiger partial charge is 0.387 e. The predicted molar refractivity (Wildman–Crippen MR) is 113 cm³/mol. The average molecular weight is 495 g/mol. The second-order valence-corrected chi connectivity index (χ2v) is 9.24. The summed E-state index contributed by atoms with van der Waals surface area (Å²) in [5.74, 6) is -3.01. The summed E-state index contributed by atoms with van der Waals surface area (Å²) in [6.45, 7) is -3.19. The Morgan fingerprint density at radius 2 is 1.91 bits per heavy atom. The minimum absolute atomic E-state index is 0.0243. The molecule has 13 heteroatoms. The van der Waals surface area contributed by atoms with Crippen LogP contribution in [0.25, 0.3) is 0 Å². The molecule has 0 bridgehead atoms. The van der Waals surface area contributed by atoms with Crippen molar-refractivity contribution in [3.63, 3.8) is 0 Å². The molecule has 1 aliphatic rings. The van der Waals surface area contributed by atoms with Crippen LogP contribution in [0.2, 0.25) is 0 Å². The second kappa shape index (κ2) is 10.3. The lowest BCUT2D eigenvalue weighted by Gasteiger charge is -2.20. The molecule has 2 amide bonds. The van der Waals surface area contributed by atoms with E-state index in [1.165, 1.54) is 42.5 Å². The van der Waals surface area contributed by atoms with E-state index < -0.39 is 45.8 Å². The van der Waals surface area contributed by atoms with Crippen molar-refractivity contribution in [2.75, 3.05) is 19.6 Å². The van der Waals surface area contributed by atoms with E-state index in [1.54, 1.807) is 6.19 Å². The molecule has 0 unspecified atom stereocenters. The topological polar surface area (TPSA) is 135 Å². The molecule has 0 saturated carbocycles. The molecule has 0 saturated heterocycles. The van der Waals surface area contributed by atoms with Crippen LogP contribution >= 0.6 is 0 Å². The van der Waals surface area contributed by atoms with E-state index in [9.17, 15) is 26.8 Å².